The summed E-state index contributed by atoms with van der Waals surface area (Å²) in [6.07, 6.45) is 5.38. The molecule has 2 N–H and O–H groups in total. The maximum atomic E-state index is 11.2. The van der Waals surface area contributed by atoms with Gasteiger partial charge in [-0.3, -0.25) is 20.0 Å². The molecule has 0 saturated carbocycles. The summed E-state index contributed by atoms with van der Waals surface area (Å²) in [5.41, 5.74) is 5.73. The Labute approximate surface area is 161 Å². The van der Waals surface area contributed by atoms with E-state index in [1.165, 1.54) is 5.39 Å². The van der Waals surface area contributed by atoms with Crippen molar-refractivity contribution in [3.63, 3.8) is 0 Å². The summed E-state index contributed by atoms with van der Waals surface area (Å²) in [6, 6.07) is 14.4. The van der Waals surface area contributed by atoms with Gasteiger partial charge in [0.2, 0.25) is 5.91 Å². The van der Waals surface area contributed by atoms with E-state index in [1.807, 2.05) is 29.4 Å². The molecular formula is C20H20N6O2. The van der Waals surface area contributed by atoms with Crippen LogP contribution in [-0.2, 0) is 17.9 Å². The number of carbonyl (C=O) groups is 1. The van der Waals surface area contributed by atoms with Gasteiger partial charge in [0.05, 0.1) is 18.8 Å². The number of aromatic nitrogens is 2. The fourth-order valence-corrected chi connectivity index (χ4v) is 3.27. The van der Waals surface area contributed by atoms with Crippen LogP contribution < -0.4 is 5.48 Å². The molecule has 0 saturated heterocycles. The number of hydrogen-bond acceptors (Lipinski definition) is 6. The lowest BCUT2D eigenvalue weighted by Crippen LogP contribution is -2.19. The number of fused-ring (bicyclic) bond motifs is 1. The van der Waals surface area contributed by atoms with E-state index in [0.29, 0.717) is 18.8 Å². The Balaban J connectivity index is 1.55. The number of pyridine rings is 1. The Morgan fingerprint density at radius 2 is 2.11 bits per heavy atom. The number of para-hydroxylation sites is 1. The maximum absolute atomic E-state index is 11.2. The molecule has 0 spiro atoms. The molecule has 0 fully saturated rings. The first-order valence-corrected chi connectivity index (χ1v) is 8.97. The largest absolute Gasteiger partial charge is 0.338 e. The number of hydrogen-bond donors (Lipinski definition) is 2. The SMILES string of the molecule is O=C(C/C=C1/CN(Cc2cc3ccccc3n2Cc2cccnc2)N=N1)NO. The minimum atomic E-state index is -0.474. The number of nitrogens with one attached hydrogen (secondary N) is 1. The quantitative estimate of drug-likeness (QED) is 0.511. The van der Waals surface area contributed by atoms with Crippen molar-refractivity contribution in [2.45, 2.75) is 19.5 Å². The standard InChI is InChI=1S/C20H20N6O2/c27-20(23-28)8-7-17-13-25(24-22-17)14-18-10-16-5-1-2-6-19(16)26(18)12-15-4-3-9-21-11-15/h1-7,9-11,28H,8,12-14H2,(H,23,27)/b17-7-. The first kappa shape index (κ1) is 17.9. The van der Waals surface area contributed by atoms with Crippen LogP contribution in [0.4, 0.5) is 0 Å². The smallest absolute Gasteiger partial charge is 0.247 e. The topological polar surface area (TPSA) is 95.1 Å². The zero-order chi connectivity index (χ0) is 19.3. The highest BCUT2D eigenvalue weighted by Gasteiger charge is 2.17. The average Bonchev–Trinajstić information content (AvgIpc) is 3.32. The minimum absolute atomic E-state index is 0.0694. The third kappa shape index (κ3) is 3.91. The van der Waals surface area contributed by atoms with E-state index in [2.05, 4.69) is 44.2 Å². The molecule has 0 radical (unpaired) electrons. The lowest BCUT2D eigenvalue weighted by atomic mass is 10.2. The van der Waals surface area contributed by atoms with Gasteiger partial charge in [0.1, 0.15) is 0 Å². The van der Waals surface area contributed by atoms with E-state index in [0.717, 1.165) is 23.3 Å². The summed E-state index contributed by atoms with van der Waals surface area (Å²) in [6.45, 7) is 1.84. The van der Waals surface area contributed by atoms with Crippen LogP contribution in [0, 0.1) is 0 Å². The zero-order valence-corrected chi connectivity index (χ0v) is 15.2. The molecule has 1 amide bonds. The highest BCUT2D eigenvalue weighted by Crippen LogP contribution is 2.24. The van der Waals surface area contributed by atoms with Gasteiger partial charge in [0.25, 0.3) is 0 Å². The van der Waals surface area contributed by atoms with E-state index in [1.54, 1.807) is 17.8 Å². The Morgan fingerprint density at radius 1 is 1.21 bits per heavy atom. The maximum Gasteiger partial charge on any atom is 0.247 e. The van der Waals surface area contributed by atoms with Gasteiger partial charge in [-0.2, -0.15) is 0 Å². The summed E-state index contributed by atoms with van der Waals surface area (Å²) < 4.78 is 2.27. The molecule has 8 nitrogen and oxygen atoms in total. The first-order valence-electron chi connectivity index (χ1n) is 8.97. The second kappa shape index (κ2) is 8.01. The average molecular weight is 376 g/mol. The zero-order valence-electron chi connectivity index (χ0n) is 15.2. The predicted molar refractivity (Wildman–Crippen MR) is 103 cm³/mol. The Hall–Kier alpha value is -3.52. The molecular weight excluding hydrogens is 356 g/mol. The second-order valence-electron chi connectivity index (χ2n) is 6.59. The molecule has 0 aliphatic carbocycles. The number of carbonyl (C=O) groups excluding carboxylic acids is 1. The van der Waals surface area contributed by atoms with E-state index >= 15 is 0 Å². The molecule has 0 bridgehead atoms. The summed E-state index contributed by atoms with van der Waals surface area (Å²) in [4.78, 5) is 15.4. The highest BCUT2D eigenvalue weighted by atomic mass is 16.5. The number of hydroxylamine groups is 1. The van der Waals surface area contributed by atoms with Crippen LogP contribution in [0.2, 0.25) is 0 Å². The summed E-state index contributed by atoms with van der Waals surface area (Å²) in [5.74, 6) is -0.474. The van der Waals surface area contributed by atoms with Crippen molar-refractivity contribution >= 4 is 16.8 Å². The summed E-state index contributed by atoms with van der Waals surface area (Å²) in [5, 5.41) is 19.9. The van der Waals surface area contributed by atoms with Gasteiger partial charge in [0.15, 0.2) is 0 Å². The molecule has 4 rings (SSSR count). The van der Waals surface area contributed by atoms with Crippen molar-refractivity contribution in [2.75, 3.05) is 6.54 Å². The van der Waals surface area contributed by atoms with Crippen LogP contribution in [-0.4, -0.2) is 32.2 Å². The molecule has 1 aromatic carbocycles. The Bertz CT molecular complexity index is 1040. The van der Waals surface area contributed by atoms with Crippen molar-refractivity contribution in [3.8, 4) is 0 Å². The molecule has 1 aliphatic rings. The summed E-state index contributed by atoms with van der Waals surface area (Å²) in [7, 11) is 0. The highest BCUT2D eigenvalue weighted by molar-refractivity contribution is 5.81. The van der Waals surface area contributed by atoms with Crippen LogP contribution in [0.3, 0.4) is 0 Å². The Morgan fingerprint density at radius 3 is 2.93 bits per heavy atom. The fraction of sp³-hybridized carbons (Fsp3) is 0.200. The molecule has 2 aromatic heterocycles. The third-order valence-corrected chi connectivity index (χ3v) is 4.60. The third-order valence-electron chi connectivity index (χ3n) is 4.60. The van der Waals surface area contributed by atoms with Gasteiger partial charge in [-0.1, -0.05) is 29.5 Å². The lowest BCUT2D eigenvalue weighted by molar-refractivity contribution is -0.128. The van der Waals surface area contributed by atoms with Crippen LogP contribution in [0.1, 0.15) is 17.7 Å². The van der Waals surface area contributed by atoms with Gasteiger partial charge in [0, 0.05) is 36.6 Å². The lowest BCUT2D eigenvalue weighted by Gasteiger charge is -2.15. The molecule has 1 aliphatic heterocycles. The monoisotopic (exact) mass is 376 g/mol. The molecule has 8 heteroatoms. The van der Waals surface area contributed by atoms with Crippen LogP contribution in [0.15, 0.2) is 77.0 Å². The van der Waals surface area contributed by atoms with Crippen molar-refractivity contribution in [3.05, 3.63) is 77.9 Å². The van der Waals surface area contributed by atoms with Crippen LogP contribution in [0.25, 0.3) is 10.9 Å². The molecule has 142 valence electrons. The van der Waals surface area contributed by atoms with E-state index in [4.69, 9.17) is 5.21 Å². The number of rotatable bonds is 6. The van der Waals surface area contributed by atoms with Gasteiger partial charge in [-0.15, -0.1) is 5.11 Å². The minimum Gasteiger partial charge on any atom is -0.338 e. The number of benzene rings is 1. The van der Waals surface area contributed by atoms with Crippen molar-refractivity contribution in [1.82, 2.24) is 20.0 Å². The van der Waals surface area contributed by atoms with Gasteiger partial charge >= 0.3 is 0 Å². The molecule has 3 aromatic rings. The van der Waals surface area contributed by atoms with Gasteiger partial charge < -0.3 is 4.57 Å². The first-order chi connectivity index (χ1) is 13.7. The van der Waals surface area contributed by atoms with Gasteiger partial charge in [-0.05, 0) is 35.2 Å². The van der Waals surface area contributed by atoms with E-state index < -0.39 is 5.91 Å². The Kier molecular flexibility index (Phi) is 5.11. The number of nitrogens with zero attached hydrogens (tertiary/aromatic N) is 5. The van der Waals surface area contributed by atoms with E-state index in [-0.39, 0.29) is 6.42 Å². The van der Waals surface area contributed by atoms with E-state index in [9.17, 15) is 4.79 Å². The van der Waals surface area contributed by atoms with Crippen molar-refractivity contribution < 1.29 is 10.0 Å². The normalized spacial score (nSPS) is 14.9. The molecule has 0 atom stereocenters. The van der Waals surface area contributed by atoms with Crippen molar-refractivity contribution in [1.29, 1.82) is 0 Å². The van der Waals surface area contributed by atoms with Crippen LogP contribution >= 0.6 is 0 Å². The van der Waals surface area contributed by atoms with Crippen molar-refractivity contribution in [2.24, 2.45) is 10.3 Å². The predicted octanol–water partition coefficient (Wildman–Crippen LogP) is 3.05. The number of amides is 1. The molecule has 28 heavy (non-hydrogen) atoms. The van der Waals surface area contributed by atoms with Crippen LogP contribution in [0.5, 0.6) is 0 Å². The van der Waals surface area contributed by atoms with Gasteiger partial charge in [-0.25, -0.2) is 5.48 Å². The fourth-order valence-electron chi connectivity index (χ4n) is 3.27. The summed E-state index contributed by atoms with van der Waals surface area (Å²) >= 11 is 0. The molecule has 3 heterocycles. The molecule has 0 unspecified atom stereocenters. The second-order valence-corrected chi connectivity index (χ2v) is 6.59.